The number of carboxylic acid groups (broad SMARTS) is 1. The Labute approximate surface area is 131 Å². The van der Waals surface area contributed by atoms with E-state index in [1.165, 1.54) is 0 Å². The summed E-state index contributed by atoms with van der Waals surface area (Å²) in [6.07, 6.45) is -7.84. The largest absolute Gasteiger partial charge is 2.00 e. The van der Waals surface area contributed by atoms with Crippen LogP contribution in [0, 0.1) is 0 Å². The van der Waals surface area contributed by atoms with Crippen LogP contribution in [0.5, 0.6) is 0 Å². The summed E-state index contributed by atoms with van der Waals surface area (Å²) in [5.41, 5.74) is 0. The number of aliphatic hydroxyl groups is 5. The summed E-state index contributed by atoms with van der Waals surface area (Å²) in [7, 11) is 0. The maximum absolute atomic E-state index is 10.1. The van der Waals surface area contributed by atoms with Crippen molar-refractivity contribution in [3.63, 3.8) is 0 Å². The van der Waals surface area contributed by atoms with Crippen molar-refractivity contribution in [2.45, 2.75) is 24.4 Å². The number of hydrogen-bond donors (Lipinski definition) is 6. The second-order valence-corrected chi connectivity index (χ2v) is 2.51. The monoisotopic (exact) mass is 368 g/mol. The summed E-state index contributed by atoms with van der Waals surface area (Å²) < 4.78 is 0. The van der Waals surface area contributed by atoms with Gasteiger partial charge in [0, 0.05) is 0 Å². The molecule has 0 unspecified atom stereocenters. The molecule has 16 heavy (non-hydrogen) atoms. The molecule has 0 aromatic heterocycles. The number of carboxylic acids is 1. The molecule has 0 fully saturated rings. The van der Waals surface area contributed by atoms with Crippen LogP contribution in [0.4, 0.5) is 0 Å². The van der Waals surface area contributed by atoms with E-state index in [1.807, 2.05) is 0 Å². The van der Waals surface area contributed by atoms with Gasteiger partial charge in [-0.25, -0.2) is 4.79 Å². The van der Waals surface area contributed by atoms with Gasteiger partial charge in [0.15, 0.2) is 6.10 Å². The van der Waals surface area contributed by atoms with Gasteiger partial charge in [-0.05, 0) is 0 Å². The van der Waals surface area contributed by atoms with E-state index in [0.29, 0.717) is 0 Å². The second kappa shape index (κ2) is 12.2. The molecule has 94 valence electrons. The number of rotatable bonds is 5. The predicted octanol–water partition coefficient (Wildman–Crippen LogP) is -4.23. The fraction of sp³-hybridized carbons (Fsp3) is 0.833. The molecule has 0 spiro atoms. The van der Waals surface area contributed by atoms with Crippen molar-refractivity contribution in [1.82, 2.24) is 0 Å². The fourth-order valence-corrected chi connectivity index (χ4v) is 0.668. The van der Waals surface area contributed by atoms with Gasteiger partial charge in [0.25, 0.3) is 0 Å². The van der Waals surface area contributed by atoms with E-state index in [9.17, 15) is 4.79 Å². The fourth-order valence-electron chi connectivity index (χ4n) is 0.668. The average molecular weight is 367 g/mol. The molecule has 0 aromatic carbocycles. The smallest absolute Gasteiger partial charge is 0.870 e. The van der Waals surface area contributed by atoms with E-state index in [0.717, 1.165) is 0 Å². The molecule has 0 aromatic rings. The molecule has 9 nitrogen and oxygen atoms in total. The van der Waals surface area contributed by atoms with Gasteiger partial charge in [-0.15, -0.1) is 0 Å². The Bertz CT molecular complexity index is 177. The standard InChI is InChI=1S/C6H12O7.Ba.2H2O/c7-1-2(8)3(9)4(10)5(11)6(12)13;;;/h2-5,7-11H,1H2,(H,12,13);;2*1H2/q;+2;;/p-2/t2-,3-,4+,5-;;;/m1.../s1. The Kier molecular flexibility index (Phi) is 19.5. The molecule has 4 atom stereocenters. The van der Waals surface area contributed by atoms with Crippen LogP contribution < -0.4 is 0 Å². The molecule has 8 N–H and O–H groups in total. The first-order chi connectivity index (χ1) is 5.91. The molecule has 0 aliphatic carbocycles. The van der Waals surface area contributed by atoms with Crippen LogP contribution in [-0.2, 0) is 4.79 Å². The van der Waals surface area contributed by atoms with Crippen LogP contribution in [0.2, 0.25) is 0 Å². The summed E-state index contributed by atoms with van der Waals surface area (Å²) in [6.45, 7) is -0.843. The minimum Gasteiger partial charge on any atom is -0.870 e. The number of aliphatic hydroxyl groups excluding tert-OH is 5. The minimum atomic E-state index is -2.20. The van der Waals surface area contributed by atoms with Crippen LogP contribution in [0.25, 0.3) is 0 Å². The third-order valence-electron chi connectivity index (χ3n) is 1.51. The van der Waals surface area contributed by atoms with Gasteiger partial charge in [0.2, 0.25) is 0 Å². The van der Waals surface area contributed by atoms with Crippen molar-refractivity contribution in [2.75, 3.05) is 6.61 Å². The van der Waals surface area contributed by atoms with E-state index < -0.39 is 37.0 Å². The molecule has 0 saturated heterocycles. The minimum absolute atomic E-state index is 0. The number of hydrogen-bond acceptors (Lipinski definition) is 8. The Morgan fingerprint density at radius 2 is 1.38 bits per heavy atom. The topological polar surface area (TPSA) is 198 Å². The Hall–Kier alpha value is 0.761. The SMILES string of the molecule is O=C(O)[C@H](O)[C@@H](O)[C@H](O)[C@H](O)CO.[Ba+2].[OH-].[OH-]. The van der Waals surface area contributed by atoms with Crippen molar-refractivity contribution < 1.29 is 46.4 Å². The maximum atomic E-state index is 10.1. The van der Waals surface area contributed by atoms with E-state index >= 15 is 0 Å². The van der Waals surface area contributed by atoms with Crippen molar-refractivity contribution in [2.24, 2.45) is 0 Å². The van der Waals surface area contributed by atoms with E-state index in [4.69, 9.17) is 30.6 Å². The zero-order chi connectivity index (χ0) is 10.6. The van der Waals surface area contributed by atoms with Gasteiger partial charge in [-0.3, -0.25) is 0 Å². The zero-order valence-electron chi connectivity index (χ0n) is 8.21. The normalized spacial score (nSPS) is 16.6. The Balaban J connectivity index is -0.000000240. The van der Waals surface area contributed by atoms with E-state index in [1.54, 1.807) is 0 Å². The summed E-state index contributed by atoms with van der Waals surface area (Å²) in [6, 6.07) is 0. The average Bonchev–Trinajstić information content (AvgIpc) is 2.12. The van der Waals surface area contributed by atoms with Gasteiger partial charge >= 0.3 is 54.9 Å². The van der Waals surface area contributed by atoms with Gasteiger partial charge in [-0.2, -0.15) is 0 Å². The van der Waals surface area contributed by atoms with Crippen LogP contribution >= 0.6 is 0 Å². The van der Waals surface area contributed by atoms with Crippen LogP contribution in [0.1, 0.15) is 0 Å². The first-order valence-corrected chi connectivity index (χ1v) is 3.47. The summed E-state index contributed by atoms with van der Waals surface area (Å²) in [5, 5.41) is 51.8. The second-order valence-electron chi connectivity index (χ2n) is 2.51. The van der Waals surface area contributed by atoms with Crippen molar-refractivity contribution >= 4 is 54.9 Å². The maximum Gasteiger partial charge on any atom is 2.00 e. The molecule has 10 heteroatoms. The van der Waals surface area contributed by atoms with Gasteiger partial charge in [0.1, 0.15) is 18.3 Å². The molecule has 0 rings (SSSR count). The molecule has 0 amide bonds. The quantitative estimate of drug-likeness (QED) is 0.260. The molecule has 0 heterocycles. The molecular weight excluding hydrogens is 353 g/mol. The third-order valence-corrected chi connectivity index (χ3v) is 1.51. The van der Waals surface area contributed by atoms with E-state index in [2.05, 4.69) is 0 Å². The molecule has 0 saturated carbocycles. The summed E-state index contributed by atoms with van der Waals surface area (Å²) in [4.78, 5) is 10.1. The first kappa shape index (κ1) is 25.6. The number of aliphatic carboxylic acids is 1. The molecule has 0 radical (unpaired) electrons. The van der Waals surface area contributed by atoms with Crippen molar-refractivity contribution in [3.05, 3.63) is 0 Å². The van der Waals surface area contributed by atoms with Crippen LogP contribution in [-0.4, -0.2) is 127 Å². The van der Waals surface area contributed by atoms with Gasteiger partial charge in [0.05, 0.1) is 6.61 Å². The van der Waals surface area contributed by atoms with Crippen molar-refractivity contribution in [1.29, 1.82) is 0 Å². The third kappa shape index (κ3) is 7.94. The molecule has 0 aliphatic heterocycles. The Morgan fingerprint density at radius 3 is 1.62 bits per heavy atom. The first-order valence-electron chi connectivity index (χ1n) is 3.47. The summed E-state index contributed by atoms with van der Waals surface area (Å²) in [5.74, 6) is -1.73. The zero-order valence-corrected chi connectivity index (χ0v) is 12.7. The molecule has 0 bridgehead atoms. The van der Waals surface area contributed by atoms with E-state index in [-0.39, 0.29) is 59.8 Å². The molecule has 0 aliphatic rings. The Morgan fingerprint density at radius 1 is 1.00 bits per heavy atom. The van der Waals surface area contributed by atoms with Crippen molar-refractivity contribution in [3.8, 4) is 0 Å². The molecular formula is C6H14BaO9. The van der Waals surface area contributed by atoms with Gasteiger partial charge < -0.3 is 41.6 Å². The number of carbonyl (C=O) groups is 1. The van der Waals surface area contributed by atoms with Crippen LogP contribution in [0.15, 0.2) is 0 Å². The predicted molar refractivity (Wildman–Crippen MR) is 48.4 cm³/mol. The van der Waals surface area contributed by atoms with Gasteiger partial charge in [-0.1, -0.05) is 0 Å². The van der Waals surface area contributed by atoms with Crippen LogP contribution in [0.3, 0.4) is 0 Å². The summed E-state index contributed by atoms with van der Waals surface area (Å²) >= 11 is 0.